The summed E-state index contributed by atoms with van der Waals surface area (Å²) in [4.78, 5) is 29.2. The van der Waals surface area contributed by atoms with Gasteiger partial charge >= 0.3 is 0 Å². The van der Waals surface area contributed by atoms with Crippen molar-refractivity contribution in [3.05, 3.63) is 99.5 Å². The lowest BCUT2D eigenvalue weighted by atomic mass is 10.0. The lowest BCUT2D eigenvalue weighted by Gasteiger charge is -2.34. The van der Waals surface area contributed by atoms with E-state index >= 15 is 0 Å². The van der Waals surface area contributed by atoms with Gasteiger partial charge in [-0.2, -0.15) is 0 Å². The Balaban J connectivity index is 2.08. The van der Waals surface area contributed by atoms with Crippen LogP contribution in [-0.4, -0.2) is 50.0 Å². The predicted molar refractivity (Wildman–Crippen MR) is 160 cm³/mol. The van der Waals surface area contributed by atoms with Crippen molar-refractivity contribution in [2.75, 3.05) is 17.1 Å². The molecule has 0 aromatic heterocycles. The second-order valence-corrected chi connectivity index (χ2v) is 12.9. The summed E-state index contributed by atoms with van der Waals surface area (Å²) in [7, 11) is -3.81. The smallest absolute Gasteiger partial charge is 0.244 e. The Morgan fingerprint density at radius 3 is 2.21 bits per heavy atom. The van der Waals surface area contributed by atoms with E-state index in [2.05, 4.69) is 21.2 Å². The van der Waals surface area contributed by atoms with Gasteiger partial charge in [0.1, 0.15) is 12.6 Å². The Morgan fingerprint density at radius 2 is 1.59 bits per heavy atom. The molecule has 208 valence electrons. The number of nitrogens with zero attached hydrogens (tertiary/aromatic N) is 2. The van der Waals surface area contributed by atoms with Crippen LogP contribution < -0.4 is 9.62 Å². The highest BCUT2D eigenvalue weighted by molar-refractivity contribution is 9.10. The fourth-order valence-electron chi connectivity index (χ4n) is 4.35. The fourth-order valence-corrected chi connectivity index (χ4v) is 5.70. The first-order valence-electron chi connectivity index (χ1n) is 12.8. The highest BCUT2D eigenvalue weighted by Crippen LogP contribution is 2.25. The van der Waals surface area contributed by atoms with Crippen molar-refractivity contribution in [3.63, 3.8) is 0 Å². The van der Waals surface area contributed by atoms with Crippen LogP contribution in [0.15, 0.2) is 77.3 Å². The molecule has 3 rings (SSSR count). The van der Waals surface area contributed by atoms with Crippen LogP contribution in [0.1, 0.15) is 36.1 Å². The second-order valence-electron chi connectivity index (χ2n) is 10.1. The standard InChI is InChI=1S/C30H36BrN3O4S/c1-21(2)32-30(36)28(18-24-10-7-6-8-11-24)33(19-25-12-9-13-26(31)17-25)29(35)20-34(39(5,37)38)27-16-22(3)14-15-23(27)4/h6-17,21,28H,18-20H2,1-5H3,(H,32,36). The number of hydrogen-bond acceptors (Lipinski definition) is 4. The molecule has 3 aromatic rings. The van der Waals surface area contributed by atoms with E-state index in [1.807, 2.05) is 94.4 Å². The molecule has 7 nitrogen and oxygen atoms in total. The van der Waals surface area contributed by atoms with Crippen LogP contribution in [0.25, 0.3) is 0 Å². The van der Waals surface area contributed by atoms with Crippen LogP contribution >= 0.6 is 15.9 Å². The summed E-state index contributed by atoms with van der Waals surface area (Å²) < 4.78 is 27.9. The molecule has 9 heteroatoms. The number of nitrogens with one attached hydrogen (secondary N) is 1. The number of sulfonamides is 1. The van der Waals surface area contributed by atoms with E-state index in [-0.39, 0.29) is 24.9 Å². The summed E-state index contributed by atoms with van der Waals surface area (Å²) in [5, 5.41) is 2.95. The van der Waals surface area contributed by atoms with E-state index in [1.54, 1.807) is 6.07 Å². The minimum absolute atomic E-state index is 0.131. The maximum Gasteiger partial charge on any atom is 0.244 e. The molecule has 0 saturated carbocycles. The van der Waals surface area contributed by atoms with Crippen molar-refractivity contribution in [2.45, 2.75) is 52.7 Å². The molecule has 0 bridgehead atoms. The van der Waals surface area contributed by atoms with Gasteiger partial charge in [-0.15, -0.1) is 0 Å². The first-order chi connectivity index (χ1) is 18.3. The van der Waals surface area contributed by atoms with Gasteiger partial charge in [-0.25, -0.2) is 8.42 Å². The first-order valence-corrected chi connectivity index (χ1v) is 15.4. The zero-order valence-electron chi connectivity index (χ0n) is 23.0. The number of halogens is 1. The molecule has 0 aliphatic rings. The molecule has 3 aromatic carbocycles. The number of amides is 2. The zero-order chi connectivity index (χ0) is 28.7. The van der Waals surface area contributed by atoms with Gasteiger partial charge in [0.15, 0.2) is 0 Å². The van der Waals surface area contributed by atoms with Gasteiger partial charge in [0.05, 0.1) is 11.9 Å². The molecular formula is C30H36BrN3O4S. The van der Waals surface area contributed by atoms with Crippen molar-refractivity contribution >= 4 is 43.5 Å². The van der Waals surface area contributed by atoms with Gasteiger partial charge in [0, 0.05) is 23.5 Å². The van der Waals surface area contributed by atoms with Crippen molar-refractivity contribution in [1.29, 1.82) is 0 Å². The maximum atomic E-state index is 14.1. The number of carbonyl (C=O) groups is 2. The van der Waals surface area contributed by atoms with Crippen LogP contribution in [0.3, 0.4) is 0 Å². The quantitative estimate of drug-likeness (QED) is 0.330. The molecule has 0 fully saturated rings. The summed E-state index contributed by atoms with van der Waals surface area (Å²) in [5.41, 5.74) is 3.75. The maximum absolute atomic E-state index is 14.1. The molecule has 1 atom stereocenters. The van der Waals surface area contributed by atoms with Crippen molar-refractivity contribution in [3.8, 4) is 0 Å². The van der Waals surface area contributed by atoms with Gasteiger partial charge in [0.25, 0.3) is 0 Å². The Morgan fingerprint density at radius 1 is 0.923 bits per heavy atom. The lowest BCUT2D eigenvalue weighted by molar-refractivity contribution is -0.140. The van der Waals surface area contributed by atoms with Crippen LogP contribution in [0.2, 0.25) is 0 Å². The molecule has 2 amide bonds. The minimum atomic E-state index is -3.81. The molecular weight excluding hydrogens is 578 g/mol. The number of carbonyl (C=O) groups excluding carboxylic acids is 2. The molecule has 39 heavy (non-hydrogen) atoms. The molecule has 1 unspecified atom stereocenters. The van der Waals surface area contributed by atoms with E-state index in [0.29, 0.717) is 5.69 Å². The number of aryl methyl sites for hydroxylation is 2. The number of anilines is 1. The third-order valence-corrected chi connectivity index (χ3v) is 7.88. The average molecular weight is 615 g/mol. The summed E-state index contributed by atoms with van der Waals surface area (Å²) >= 11 is 3.48. The van der Waals surface area contributed by atoms with E-state index in [9.17, 15) is 18.0 Å². The molecule has 0 heterocycles. The third kappa shape index (κ3) is 8.66. The summed E-state index contributed by atoms with van der Waals surface area (Å²) in [5.74, 6) is -0.768. The normalized spacial score (nSPS) is 12.2. The largest absolute Gasteiger partial charge is 0.352 e. The number of rotatable bonds is 11. The Bertz CT molecular complexity index is 1410. The van der Waals surface area contributed by atoms with Gasteiger partial charge in [-0.1, -0.05) is 70.5 Å². The Kier molecular flexibility index (Phi) is 10.3. The van der Waals surface area contributed by atoms with Crippen molar-refractivity contribution in [1.82, 2.24) is 10.2 Å². The van der Waals surface area contributed by atoms with E-state index < -0.39 is 28.5 Å². The molecule has 0 saturated heterocycles. The van der Waals surface area contributed by atoms with Gasteiger partial charge < -0.3 is 10.2 Å². The van der Waals surface area contributed by atoms with Gasteiger partial charge in [-0.3, -0.25) is 13.9 Å². The summed E-state index contributed by atoms with van der Waals surface area (Å²) in [6, 6.07) is 21.5. The summed E-state index contributed by atoms with van der Waals surface area (Å²) in [6.45, 7) is 7.11. The summed E-state index contributed by atoms with van der Waals surface area (Å²) in [6.07, 6.45) is 1.37. The SMILES string of the molecule is Cc1ccc(C)c(N(CC(=O)N(Cc2cccc(Br)c2)C(Cc2ccccc2)C(=O)NC(C)C)S(C)(=O)=O)c1. The van der Waals surface area contributed by atoms with E-state index in [0.717, 1.165) is 37.3 Å². The van der Waals surface area contributed by atoms with Gasteiger partial charge in [-0.05, 0) is 68.1 Å². The average Bonchev–Trinajstić information content (AvgIpc) is 2.85. The monoisotopic (exact) mass is 613 g/mol. The minimum Gasteiger partial charge on any atom is -0.352 e. The molecule has 0 aliphatic heterocycles. The Hall–Kier alpha value is -3.17. The van der Waals surface area contributed by atoms with Crippen LogP contribution in [0, 0.1) is 13.8 Å². The van der Waals surface area contributed by atoms with Crippen molar-refractivity contribution in [2.24, 2.45) is 0 Å². The van der Waals surface area contributed by atoms with Crippen LogP contribution in [0.5, 0.6) is 0 Å². The fraction of sp³-hybridized carbons (Fsp3) is 0.333. The van der Waals surface area contributed by atoms with E-state index in [1.165, 1.54) is 4.90 Å². The van der Waals surface area contributed by atoms with Crippen LogP contribution in [0.4, 0.5) is 5.69 Å². The Labute approximate surface area is 240 Å². The van der Waals surface area contributed by atoms with Crippen LogP contribution in [-0.2, 0) is 32.6 Å². The number of benzene rings is 3. The lowest BCUT2D eigenvalue weighted by Crippen LogP contribution is -2.54. The highest BCUT2D eigenvalue weighted by Gasteiger charge is 2.33. The molecule has 0 aliphatic carbocycles. The first kappa shape index (κ1) is 30.4. The second kappa shape index (κ2) is 13.3. The highest BCUT2D eigenvalue weighted by atomic mass is 79.9. The zero-order valence-corrected chi connectivity index (χ0v) is 25.4. The van der Waals surface area contributed by atoms with Crippen molar-refractivity contribution < 1.29 is 18.0 Å². The van der Waals surface area contributed by atoms with E-state index in [4.69, 9.17) is 0 Å². The topological polar surface area (TPSA) is 86.8 Å². The molecule has 1 N–H and O–H groups in total. The third-order valence-electron chi connectivity index (χ3n) is 6.26. The number of hydrogen-bond donors (Lipinski definition) is 1. The molecule has 0 spiro atoms. The molecule has 0 radical (unpaired) electrons. The van der Waals surface area contributed by atoms with Gasteiger partial charge in [0.2, 0.25) is 21.8 Å². The predicted octanol–water partition coefficient (Wildman–Crippen LogP) is 5.00.